The van der Waals surface area contributed by atoms with Gasteiger partial charge in [-0.05, 0) is 71.5 Å². The number of rotatable bonds is 4. The molecule has 0 aliphatic carbocycles. The van der Waals surface area contributed by atoms with E-state index in [1.54, 1.807) is 0 Å². The third kappa shape index (κ3) is 5.45. The number of fused-ring (bicyclic) bond motifs is 1. The molecule has 0 heterocycles. The Kier molecular flexibility index (Phi) is 6.27. The molecule has 1 atom stereocenters. The standard InChI is InChI=1S/C22H29BrO4/c1-13-10-14-8-9-15(23)11-16(14)19(24)18(13)17(27-22(5,6)7)12-26-20(25)21(2,3)4/h8-11,17,24H,12H2,1-7H3. The summed E-state index contributed by atoms with van der Waals surface area (Å²) in [5.74, 6) is -0.141. The van der Waals surface area contributed by atoms with Gasteiger partial charge in [0.15, 0.2) is 0 Å². The molecule has 0 spiro atoms. The molecular formula is C22H29BrO4. The van der Waals surface area contributed by atoms with Gasteiger partial charge >= 0.3 is 5.97 Å². The van der Waals surface area contributed by atoms with Gasteiger partial charge in [-0.3, -0.25) is 4.79 Å². The summed E-state index contributed by atoms with van der Waals surface area (Å²) in [7, 11) is 0. The maximum atomic E-state index is 12.2. The zero-order chi connectivity index (χ0) is 20.6. The SMILES string of the molecule is Cc1cc2ccc(Br)cc2c(O)c1C(COC(=O)C(C)(C)C)OC(C)(C)C. The van der Waals surface area contributed by atoms with E-state index in [9.17, 15) is 9.90 Å². The Labute approximate surface area is 170 Å². The number of phenols is 1. The number of ether oxygens (including phenoxy) is 2. The van der Waals surface area contributed by atoms with Crippen molar-refractivity contribution in [1.29, 1.82) is 0 Å². The Morgan fingerprint density at radius 3 is 2.33 bits per heavy atom. The van der Waals surface area contributed by atoms with Crippen LogP contribution in [-0.4, -0.2) is 23.3 Å². The molecule has 0 saturated carbocycles. The van der Waals surface area contributed by atoms with E-state index in [2.05, 4.69) is 15.9 Å². The second-order valence-corrected chi connectivity index (χ2v) is 9.80. The van der Waals surface area contributed by atoms with Gasteiger partial charge in [0.2, 0.25) is 0 Å². The first-order valence-electron chi connectivity index (χ1n) is 9.06. The molecule has 1 unspecified atom stereocenters. The van der Waals surface area contributed by atoms with Crippen LogP contribution in [0.3, 0.4) is 0 Å². The molecule has 0 fully saturated rings. The highest BCUT2D eigenvalue weighted by Gasteiger charge is 2.29. The van der Waals surface area contributed by atoms with E-state index in [-0.39, 0.29) is 18.3 Å². The Hall–Kier alpha value is -1.59. The van der Waals surface area contributed by atoms with Crippen molar-refractivity contribution >= 4 is 32.7 Å². The van der Waals surface area contributed by atoms with Crippen molar-refractivity contribution in [2.75, 3.05) is 6.61 Å². The molecule has 0 aliphatic heterocycles. The highest BCUT2D eigenvalue weighted by atomic mass is 79.9. The van der Waals surface area contributed by atoms with Gasteiger partial charge in [0.05, 0.1) is 11.0 Å². The molecule has 2 aromatic carbocycles. The molecular weight excluding hydrogens is 408 g/mol. The van der Waals surface area contributed by atoms with Crippen molar-refractivity contribution in [2.45, 2.75) is 60.2 Å². The van der Waals surface area contributed by atoms with Crippen molar-refractivity contribution in [3.05, 3.63) is 39.9 Å². The average Bonchev–Trinajstić information content (AvgIpc) is 2.50. The second kappa shape index (κ2) is 7.80. The summed E-state index contributed by atoms with van der Waals surface area (Å²) in [5.41, 5.74) is 0.474. The second-order valence-electron chi connectivity index (χ2n) is 8.89. The lowest BCUT2D eigenvalue weighted by Gasteiger charge is -2.30. The number of benzene rings is 2. The van der Waals surface area contributed by atoms with Gasteiger partial charge in [0, 0.05) is 15.4 Å². The van der Waals surface area contributed by atoms with Gasteiger partial charge < -0.3 is 14.6 Å². The first kappa shape index (κ1) is 21.7. The summed E-state index contributed by atoms with van der Waals surface area (Å²) in [4.78, 5) is 12.2. The Bertz CT molecular complexity index is 844. The van der Waals surface area contributed by atoms with Crippen LogP contribution in [0.5, 0.6) is 5.75 Å². The molecule has 0 aromatic heterocycles. The van der Waals surface area contributed by atoms with E-state index in [4.69, 9.17) is 9.47 Å². The van der Waals surface area contributed by atoms with Crippen LogP contribution in [0.4, 0.5) is 0 Å². The highest BCUT2D eigenvalue weighted by Crippen LogP contribution is 2.39. The fourth-order valence-electron chi connectivity index (χ4n) is 2.88. The number of esters is 1. The monoisotopic (exact) mass is 436 g/mol. The number of carbonyl (C=O) groups is 1. The van der Waals surface area contributed by atoms with Crippen LogP contribution in [-0.2, 0) is 14.3 Å². The largest absolute Gasteiger partial charge is 0.507 e. The molecule has 2 aromatic rings. The lowest BCUT2D eigenvalue weighted by Crippen LogP contribution is -2.29. The summed E-state index contributed by atoms with van der Waals surface area (Å²) in [6.45, 7) is 13.2. The molecule has 27 heavy (non-hydrogen) atoms. The number of hydrogen-bond donors (Lipinski definition) is 1. The molecule has 1 N–H and O–H groups in total. The average molecular weight is 437 g/mol. The number of halogens is 1. The summed E-state index contributed by atoms with van der Waals surface area (Å²) in [6.07, 6.45) is -0.570. The predicted molar refractivity (Wildman–Crippen MR) is 112 cm³/mol. The smallest absolute Gasteiger partial charge is 0.311 e. The summed E-state index contributed by atoms with van der Waals surface area (Å²) >= 11 is 3.46. The molecule has 0 amide bonds. The first-order chi connectivity index (χ1) is 12.3. The third-order valence-corrected chi connectivity index (χ3v) is 4.61. The molecule has 148 valence electrons. The maximum absolute atomic E-state index is 12.2. The lowest BCUT2D eigenvalue weighted by atomic mass is 9.95. The Balaban J connectivity index is 2.49. The number of aryl methyl sites for hydroxylation is 1. The van der Waals surface area contributed by atoms with E-state index < -0.39 is 17.1 Å². The van der Waals surface area contributed by atoms with Crippen LogP contribution in [0.15, 0.2) is 28.7 Å². The van der Waals surface area contributed by atoms with Gasteiger partial charge in [-0.25, -0.2) is 0 Å². The number of carbonyl (C=O) groups excluding carboxylic acids is 1. The number of hydrogen-bond acceptors (Lipinski definition) is 4. The molecule has 5 heteroatoms. The van der Waals surface area contributed by atoms with Crippen LogP contribution in [0.2, 0.25) is 0 Å². The summed E-state index contributed by atoms with van der Waals surface area (Å²) in [6, 6.07) is 7.79. The van der Waals surface area contributed by atoms with Crippen molar-refractivity contribution < 1.29 is 19.4 Å². The van der Waals surface area contributed by atoms with Gasteiger partial charge in [0.1, 0.15) is 18.5 Å². The Morgan fingerprint density at radius 1 is 1.15 bits per heavy atom. The maximum Gasteiger partial charge on any atom is 0.311 e. The van der Waals surface area contributed by atoms with Crippen LogP contribution in [0.25, 0.3) is 10.8 Å². The summed E-state index contributed by atoms with van der Waals surface area (Å²) < 4.78 is 12.6. The summed E-state index contributed by atoms with van der Waals surface area (Å²) in [5, 5.41) is 12.7. The minimum absolute atomic E-state index is 0.0429. The molecule has 0 bridgehead atoms. The minimum Gasteiger partial charge on any atom is -0.507 e. The van der Waals surface area contributed by atoms with Crippen molar-refractivity contribution in [3.63, 3.8) is 0 Å². The van der Waals surface area contributed by atoms with Gasteiger partial charge in [-0.15, -0.1) is 0 Å². The number of phenolic OH excluding ortho intramolecular Hbond substituents is 1. The van der Waals surface area contributed by atoms with Gasteiger partial charge in [-0.2, -0.15) is 0 Å². The van der Waals surface area contributed by atoms with Crippen molar-refractivity contribution in [1.82, 2.24) is 0 Å². The molecule has 0 aliphatic rings. The van der Waals surface area contributed by atoms with Crippen LogP contribution in [0, 0.1) is 12.3 Å². The van der Waals surface area contributed by atoms with Crippen LogP contribution >= 0.6 is 15.9 Å². The molecule has 2 rings (SSSR count). The molecule has 0 radical (unpaired) electrons. The zero-order valence-corrected chi connectivity index (χ0v) is 18.7. The number of aromatic hydroxyl groups is 1. The zero-order valence-electron chi connectivity index (χ0n) is 17.1. The fourth-order valence-corrected chi connectivity index (χ4v) is 3.24. The highest BCUT2D eigenvalue weighted by molar-refractivity contribution is 9.10. The topological polar surface area (TPSA) is 55.8 Å². The van der Waals surface area contributed by atoms with Crippen molar-refractivity contribution in [2.24, 2.45) is 5.41 Å². The molecule has 4 nitrogen and oxygen atoms in total. The van der Waals surface area contributed by atoms with E-state index in [1.807, 2.05) is 72.7 Å². The van der Waals surface area contributed by atoms with E-state index in [1.165, 1.54) is 0 Å². The first-order valence-corrected chi connectivity index (χ1v) is 9.85. The molecule has 0 saturated heterocycles. The lowest BCUT2D eigenvalue weighted by molar-refractivity contribution is -0.162. The van der Waals surface area contributed by atoms with Crippen LogP contribution < -0.4 is 0 Å². The van der Waals surface area contributed by atoms with E-state index in [0.29, 0.717) is 5.56 Å². The Morgan fingerprint density at radius 2 is 1.78 bits per heavy atom. The fraction of sp³-hybridized carbons (Fsp3) is 0.500. The minimum atomic E-state index is -0.600. The quantitative estimate of drug-likeness (QED) is 0.591. The van der Waals surface area contributed by atoms with Gasteiger partial charge in [-0.1, -0.05) is 28.1 Å². The third-order valence-electron chi connectivity index (χ3n) is 4.12. The normalized spacial score (nSPS) is 13.6. The predicted octanol–water partition coefficient (Wildman–Crippen LogP) is 6.06. The van der Waals surface area contributed by atoms with Gasteiger partial charge in [0.25, 0.3) is 0 Å². The van der Waals surface area contributed by atoms with E-state index in [0.717, 1.165) is 20.8 Å². The van der Waals surface area contributed by atoms with E-state index >= 15 is 0 Å². The van der Waals surface area contributed by atoms with Crippen LogP contribution in [0.1, 0.15) is 58.8 Å². The van der Waals surface area contributed by atoms with Crippen molar-refractivity contribution in [3.8, 4) is 5.75 Å².